The van der Waals surface area contributed by atoms with Gasteiger partial charge >= 0.3 is 0 Å². The van der Waals surface area contributed by atoms with Crippen molar-refractivity contribution >= 4 is 5.91 Å². The van der Waals surface area contributed by atoms with Crippen molar-refractivity contribution in [3.63, 3.8) is 0 Å². The van der Waals surface area contributed by atoms with Crippen molar-refractivity contribution in [3.8, 4) is 17.3 Å². The SMILES string of the molecule is Cn1cc(C(=O)N2CCN(CC#N)CC2)c(-c2ccccc2)n1. The molecule has 1 aromatic carbocycles. The van der Waals surface area contributed by atoms with Crippen LogP contribution in [0.4, 0.5) is 0 Å². The smallest absolute Gasteiger partial charge is 0.257 e. The van der Waals surface area contributed by atoms with Gasteiger partial charge < -0.3 is 4.90 Å². The number of carbonyl (C=O) groups is 1. The quantitative estimate of drug-likeness (QED) is 0.803. The van der Waals surface area contributed by atoms with Crippen LogP contribution in [0, 0.1) is 11.3 Å². The van der Waals surface area contributed by atoms with E-state index in [4.69, 9.17) is 5.26 Å². The molecule has 1 amide bonds. The summed E-state index contributed by atoms with van der Waals surface area (Å²) in [5.74, 6) is 0.00793. The topological polar surface area (TPSA) is 65.2 Å². The van der Waals surface area contributed by atoms with Gasteiger partial charge in [0.2, 0.25) is 0 Å². The molecule has 1 saturated heterocycles. The third-order valence-corrected chi connectivity index (χ3v) is 4.06. The molecule has 6 nitrogen and oxygen atoms in total. The molecule has 0 aliphatic carbocycles. The molecule has 1 aliphatic rings. The van der Waals surface area contributed by atoms with E-state index in [1.807, 2.05) is 42.3 Å². The number of amides is 1. The number of hydrogen-bond donors (Lipinski definition) is 0. The van der Waals surface area contributed by atoms with Crippen molar-refractivity contribution in [1.82, 2.24) is 19.6 Å². The molecule has 0 bridgehead atoms. The normalized spacial score (nSPS) is 15.4. The third-order valence-electron chi connectivity index (χ3n) is 4.06. The van der Waals surface area contributed by atoms with Gasteiger partial charge in [-0.25, -0.2) is 0 Å². The first-order chi connectivity index (χ1) is 11.2. The van der Waals surface area contributed by atoms with Crippen LogP contribution in [0.5, 0.6) is 0 Å². The molecular formula is C17H19N5O. The summed E-state index contributed by atoms with van der Waals surface area (Å²) >= 11 is 0. The molecule has 0 saturated carbocycles. The highest BCUT2D eigenvalue weighted by molar-refractivity contribution is 5.99. The highest BCUT2D eigenvalue weighted by Gasteiger charge is 2.25. The van der Waals surface area contributed by atoms with E-state index in [0.717, 1.165) is 24.3 Å². The van der Waals surface area contributed by atoms with Gasteiger partial charge in [0.05, 0.1) is 18.2 Å². The number of piperazine rings is 1. The summed E-state index contributed by atoms with van der Waals surface area (Å²) in [7, 11) is 1.83. The van der Waals surface area contributed by atoms with Crippen molar-refractivity contribution in [1.29, 1.82) is 5.26 Å². The second-order valence-electron chi connectivity index (χ2n) is 5.66. The number of benzene rings is 1. The summed E-state index contributed by atoms with van der Waals surface area (Å²) in [6.45, 7) is 3.18. The summed E-state index contributed by atoms with van der Waals surface area (Å²) < 4.78 is 1.68. The van der Waals surface area contributed by atoms with Gasteiger partial charge in [0, 0.05) is 45.0 Å². The summed E-state index contributed by atoms with van der Waals surface area (Å²) in [4.78, 5) is 16.8. The minimum absolute atomic E-state index is 0.00793. The van der Waals surface area contributed by atoms with Crippen LogP contribution < -0.4 is 0 Å². The van der Waals surface area contributed by atoms with E-state index in [-0.39, 0.29) is 5.91 Å². The van der Waals surface area contributed by atoms with Crippen molar-refractivity contribution in [2.45, 2.75) is 0 Å². The second-order valence-corrected chi connectivity index (χ2v) is 5.66. The Balaban J connectivity index is 1.80. The van der Waals surface area contributed by atoms with Crippen molar-refractivity contribution in [2.75, 3.05) is 32.7 Å². The number of aryl methyl sites for hydroxylation is 1. The van der Waals surface area contributed by atoms with E-state index >= 15 is 0 Å². The molecule has 2 aromatic rings. The fraction of sp³-hybridized carbons (Fsp3) is 0.353. The molecule has 0 radical (unpaired) electrons. The molecule has 0 atom stereocenters. The van der Waals surface area contributed by atoms with Crippen LogP contribution >= 0.6 is 0 Å². The minimum Gasteiger partial charge on any atom is -0.336 e. The lowest BCUT2D eigenvalue weighted by molar-refractivity contribution is 0.0652. The van der Waals surface area contributed by atoms with Crippen LogP contribution in [0.1, 0.15) is 10.4 Å². The fourth-order valence-electron chi connectivity index (χ4n) is 2.83. The summed E-state index contributed by atoms with van der Waals surface area (Å²) in [5.41, 5.74) is 2.30. The van der Waals surface area contributed by atoms with Crippen LogP contribution in [0.15, 0.2) is 36.5 Å². The zero-order chi connectivity index (χ0) is 16.2. The number of hydrogen-bond acceptors (Lipinski definition) is 4. The number of rotatable bonds is 3. The second kappa shape index (κ2) is 6.63. The zero-order valence-electron chi connectivity index (χ0n) is 13.1. The number of nitriles is 1. The first-order valence-electron chi connectivity index (χ1n) is 7.66. The van der Waals surface area contributed by atoms with Gasteiger partial charge in [0.25, 0.3) is 5.91 Å². The predicted molar refractivity (Wildman–Crippen MR) is 86.6 cm³/mol. The van der Waals surface area contributed by atoms with Crippen molar-refractivity contribution in [2.24, 2.45) is 7.05 Å². The van der Waals surface area contributed by atoms with Gasteiger partial charge in [-0.15, -0.1) is 0 Å². The van der Waals surface area contributed by atoms with E-state index < -0.39 is 0 Å². The average Bonchev–Trinajstić information content (AvgIpc) is 2.98. The van der Waals surface area contributed by atoms with E-state index in [1.165, 1.54) is 0 Å². The predicted octanol–water partition coefficient (Wildman–Crippen LogP) is 1.37. The van der Waals surface area contributed by atoms with E-state index in [9.17, 15) is 4.79 Å². The number of carbonyl (C=O) groups excluding carboxylic acids is 1. The van der Waals surface area contributed by atoms with Crippen LogP contribution in [0.25, 0.3) is 11.3 Å². The van der Waals surface area contributed by atoms with Crippen LogP contribution in [0.2, 0.25) is 0 Å². The molecule has 2 heterocycles. The lowest BCUT2D eigenvalue weighted by Gasteiger charge is -2.33. The monoisotopic (exact) mass is 309 g/mol. The Bertz CT molecular complexity index is 723. The summed E-state index contributed by atoms with van der Waals surface area (Å²) in [6, 6.07) is 11.9. The van der Waals surface area contributed by atoms with Gasteiger partial charge in [-0.3, -0.25) is 14.4 Å². The number of nitrogens with zero attached hydrogens (tertiary/aromatic N) is 5. The Labute approximate surface area is 135 Å². The van der Waals surface area contributed by atoms with Gasteiger partial charge in [0.15, 0.2) is 0 Å². The fourth-order valence-corrected chi connectivity index (χ4v) is 2.83. The average molecular weight is 309 g/mol. The Morgan fingerprint density at radius 2 is 1.91 bits per heavy atom. The molecule has 3 rings (SSSR count). The van der Waals surface area contributed by atoms with Crippen LogP contribution in [0.3, 0.4) is 0 Å². The molecule has 0 unspecified atom stereocenters. The highest BCUT2D eigenvalue weighted by atomic mass is 16.2. The maximum atomic E-state index is 12.9. The Morgan fingerprint density at radius 3 is 2.57 bits per heavy atom. The Morgan fingerprint density at radius 1 is 1.22 bits per heavy atom. The van der Waals surface area contributed by atoms with Crippen molar-refractivity contribution in [3.05, 3.63) is 42.1 Å². The molecule has 1 fully saturated rings. The van der Waals surface area contributed by atoms with Crippen molar-refractivity contribution < 1.29 is 4.79 Å². The maximum absolute atomic E-state index is 12.9. The zero-order valence-corrected chi connectivity index (χ0v) is 13.1. The van der Waals surface area contributed by atoms with Crippen LogP contribution in [-0.2, 0) is 7.05 Å². The standard InChI is InChI=1S/C17H19N5O/c1-20-13-15(16(19-20)14-5-3-2-4-6-14)17(23)22-11-9-21(8-7-18)10-12-22/h2-6,13H,8-12H2,1H3. The lowest BCUT2D eigenvalue weighted by Crippen LogP contribution is -2.48. The molecular weight excluding hydrogens is 290 g/mol. The maximum Gasteiger partial charge on any atom is 0.257 e. The van der Waals surface area contributed by atoms with Crippen LogP contribution in [-0.4, -0.2) is 58.2 Å². The molecule has 0 spiro atoms. The molecule has 118 valence electrons. The van der Waals surface area contributed by atoms with Gasteiger partial charge in [-0.1, -0.05) is 30.3 Å². The van der Waals surface area contributed by atoms with Gasteiger partial charge in [-0.05, 0) is 0 Å². The Kier molecular flexibility index (Phi) is 4.40. The van der Waals surface area contributed by atoms with Gasteiger partial charge in [-0.2, -0.15) is 10.4 Å². The summed E-state index contributed by atoms with van der Waals surface area (Å²) in [6.07, 6.45) is 1.78. The lowest BCUT2D eigenvalue weighted by atomic mass is 10.1. The highest BCUT2D eigenvalue weighted by Crippen LogP contribution is 2.23. The minimum atomic E-state index is 0.00793. The van der Waals surface area contributed by atoms with E-state index in [1.54, 1.807) is 10.9 Å². The third kappa shape index (κ3) is 3.25. The number of aromatic nitrogens is 2. The molecule has 1 aliphatic heterocycles. The Hall–Kier alpha value is -2.65. The summed E-state index contributed by atoms with van der Waals surface area (Å²) in [5, 5.41) is 13.2. The molecule has 23 heavy (non-hydrogen) atoms. The molecule has 6 heteroatoms. The first kappa shape index (κ1) is 15.3. The first-order valence-corrected chi connectivity index (χ1v) is 7.66. The molecule has 1 aromatic heterocycles. The van der Waals surface area contributed by atoms with E-state index in [0.29, 0.717) is 25.2 Å². The van der Waals surface area contributed by atoms with Gasteiger partial charge in [0.1, 0.15) is 5.69 Å². The van der Waals surface area contributed by atoms with E-state index in [2.05, 4.69) is 16.1 Å². The largest absolute Gasteiger partial charge is 0.336 e. The molecule has 0 N–H and O–H groups in total.